The van der Waals surface area contributed by atoms with E-state index >= 15 is 0 Å². The van der Waals surface area contributed by atoms with Crippen molar-refractivity contribution in [2.75, 3.05) is 26.2 Å². The predicted octanol–water partition coefficient (Wildman–Crippen LogP) is 2.34. The zero-order chi connectivity index (χ0) is 14.1. The third-order valence-corrected chi connectivity index (χ3v) is 4.94. The Kier molecular flexibility index (Phi) is 3.94. The number of aromatic hydroxyl groups is 1. The molecular weight excluding hydrogens is 257 g/mol. The molecule has 20 heavy (non-hydrogen) atoms. The van der Waals surface area contributed by atoms with Gasteiger partial charge in [0.1, 0.15) is 0 Å². The fourth-order valence-corrected chi connectivity index (χ4v) is 3.84. The number of fused-ring (bicyclic) bond motifs is 1. The molecule has 1 aromatic rings. The molecule has 110 valence electrons. The van der Waals surface area contributed by atoms with Gasteiger partial charge in [0.2, 0.25) is 0 Å². The molecule has 4 heteroatoms. The predicted molar refractivity (Wildman–Crippen MR) is 75.2 cm³/mol. The number of hydrogen-bond donors (Lipinski definition) is 2. The first-order valence-electron chi connectivity index (χ1n) is 7.49. The van der Waals surface area contributed by atoms with Gasteiger partial charge in [-0.3, -0.25) is 0 Å². The lowest BCUT2D eigenvalue weighted by molar-refractivity contribution is 0.213. The number of benzene rings is 1. The maximum absolute atomic E-state index is 13.4. The topological polar surface area (TPSA) is 43.7 Å². The van der Waals surface area contributed by atoms with Crippen LogP contribution in [-0.4, -0.2) is 41.4 Å². The Morgan fingerprint density at radius 2 is 1.95 bits per heavy atom. The van der Waals surface area contributed by atoms with Crippen molar-refractivity contribution >= 4 is 0 Å². The van der Waals surface area contributed by atoms with Crippen LogP contribution in [0.5, 0.6) is 5.75 Å². The minimum absolute atomic E-state index is 0.00997. The molecule has 2 N–H and O–H groups in total. The van der Waals surface area contributed by atoms with E-state index < -0.39 is 5.82 Å². The summed E-state index contributed by atoms with van der Waals surface area (Å²) < 4.78 is 13.4. The van der Waals surface area contributed by atoms with Crippen LogP contribution >= 0.6 is 0 Å². The summed E-state index contributed by atoms with van der Waals surface area (Å²) in [6, 6.07) is 4.41. The summed E-state index contributed by atoms with van der Waals surface area (Å²) in [5.74, 6) is 0.626. The van der Waals surface area contributed by atoms with Gasteiger partial charge in [0.15, 0.2) is 11.6 Å². The fourth-order valence-electron chi connectivity index (χ4n) is 3.84. The number of phenolic OH excluding ortho intramolecular Hbond substituents is 1. The Balaban J connectivity index is 1.66. The summed E-state index contributed by atoms with van der Waals surface area (Å²) in [7, 11) is 0. The van der Waals surface area contributed by atoms with Crippen LogP contribution in [0.2, 0.25) is 0 Å². The zero-order valence-corrected chi connectivity index (χ0v) is 11.6. The second kappa shape index (κ2) is 5.70. The number of nitrogens with zero attached hydrogens (tertiary/aromatic N) is 1. The first-order valence-corrected chi connectivity index (χ1v) is 7.49. The Morgan fingerprint density at radius 1 is 1.25 bits per heavy atom. The molecule has 2 fully saturated rings. The molecule has 1 heterocycles. The van der Waals surface area contributed by atoms with Crippen LogP contribution in [0.1, 0.15) is 30.7 Å². The van der Waals surface area contributed by atoms with Crippen LogP contribution in [0.15, 0.2) is 18.2 Å². The van der Waals surface area contributed by atoms with Crippen LogP contribution in [-0.2, 0) is 0 Å². The smallest absolute Gasteiger partial charge is 0.165 e. The molecule has 1 aromatic carbocycles. The van der Waals surface area contributed by atoms with E-state index in [-0.39, 0.29) is 18.3 Å². The SMILES string of the molecule is OCC(CN1C[C@H]2CCC[C@H]2C1)c1ccc(O)c(F)c1. The maximum Gasteiger partial charge on any atom is 0.165 e. The second-order valence-electron chi connectivity index (χ2n) is 6.26. The van der Waals surface area contributed by atoms with Crippen LogP contribution in [0.25, 0.3) is 0 Å². The summed E-state index contributed by atoms with van der Waals surface area (Å²) in [6.45, 7) is 3.01. The molecule has 3 rings (SSSR count). The molecule has 0 radical (unpaired) electrons. The van der Waals surface area contributed by atoms with Gasteiger partial charge in [0.25, 0.3) is 0 Å². The third kappa shape index (κ3) is 2.67. The third-order valence-electron chi connectivity index (χ3n) is 4.94. The molecule has 3 atom stereocenters. The lowest BCUT2D eigenvalue weighted by Crippen LogP contribution is -2.29. The van der Waals surface area contributed by atoms with Crippen molar-refractivity contribution in [3.05, 3.63) is 29.6 Å². The quantitative estimate of drug-likeness (QED) is 0.889. The standard InChI is InChI=1S/C16H22FNO2/c17-15-6-11(4-5-16(15)20)14(10-19)9-18-7-12-2-1-3-13(12)8-18/h4-6,12-14,19-20H,1-3,7-10H2/t12-,13+,14?. The molecule has 1 aliphatic heterocycles. The van der Waals surface area contributed by atoms with E-state index in [1.54, 1.807) is 6.07 Å². The van der Waals surface area contributed by atoms with Crippen molar-refractivity contribution in [3.8, 4) is 5.75 Å². The van der Waals surface area contributed by atoms with Crippen LogP contribution < -0.4 is 0 Å². The highest BCUT2D eigenvalue weighted by Gasteiger charge is 2.36. The number of hydrogen-bond acceptors (Lipinski definition) is 3. The average molecular weight is 279 g/mol. The number of halogens is 1. The summed E-state index contributed by atoms with van der Waals surface area (Å²) in [5.41, 5.74) is 0.764. The molecule has 1 unspecified atom stereocenters. The van der Waals surface area contributed by atoms with E-state index in [0.717, 1.165) is 37.0 Å². The Morgan fingerprint density at radius 3 is 2.55 bits per heavy atom. The van der Waals surface area contributed by atoms with E-state index in [1.807, 2.05) is 0 Å². The van der Waals surface area contributed by atoms with E-state index in [4.69, 9.17) is 0 Å². The number of aliphatic hydroxyl groups excluding tert-OH is 1. The monoisotopic (exact) mass is 279 g/mol. The molecule has 0 amide bonds. The molecule has 2 aliphatic rings. The first kappa shape index (κ1) is 13.8. The highest BCUT2D eigenvalue weighted by atomic mass is 19.1. The molecule has 1 saturated carbocycles. The number of likely N-dealkylation sites (tertiary alicyclic amines) is 1. The van der Waals surface area contributed by atoms with Crippen molar-refractivity contribution in [3.63, 3.8) is 0 Å². The van der Waals surface area contributed by atoms with E-state index in [9.17, 15) is 14.6 Å². The molecule has 0 bridgehead atoms. The van der Waals surface area contributed by atoms with Gasteiger partial charge in [-0.05, 0) is 42.4 Å². The van der Waals surface area contributed by atoms with Gasteiger partial charge >= 0.3 is 0 Å². The summed E-state index contributed by atoms with van der Waals surface area (Å²) in [5, 5.41) is 18.8. The minimum Gasteiger partial charge on any atom is -0.505 e. The van der Waals surface area contributed by atoms with Crippen LogP contribution in [0.4, 0.5) is 4.39 Å². The second-order valence-corrected chi connectivity index (χ2v) is 6.26. The van der Waals surface area contributed by atoms with Crippen molar-refractivity contribution in [2.45, 2.75) is 25.2 Å². The first-order chi connectivity index (χ1) is 9.67. The lowest BCUT2D eigenvalue weighted by atomic mass is 9.99. The fraction of sp³-hybridized carbons (Fsp3) is 0.625. The highest BCUT2D eigenvalue weighted by molar-refractivity contribution is 5.30. The van der Waals surface area contributed by atoms with E-state index in [0.29, 0.717) is 0 Å². The average Bonchev–Trinajstić information content (AvgIpc) is 3.00. The Bertz CT molecular complexity index is 468. The van der Waals surface area contributed by atoms with Gasteiger partial charge in [-0.1, -0.05) is 12.5 Å². The van der Waals surface area contributed by atoms with Crippen LogP contribution in [0.3, 0.4) is 0 Å². The van der Waals surface area contributed by atoms with Gasteiger partial charge < -0.3 is 15.1 Å². The van der Waals surface area contributed by atoms with E-state index in [1.165, 1.54) is 31.4 Å². The Hall–Kier alpha value is -1.13. The van der Waals surface area contributed by atoms with Gasteiger partial charge in [0.05, 0.1) is 6.61 Å². The van der Waals surface area contributed by atoms with E-state index in [2.05, 4.69) is 4.90 Å². The summed E-state index contributed by atoms with van der Waals surface area (Å²) in [6.07, 6.45) is 4.02. The summed E-state index contributed by atoms with van der Waals surface area (Å²) in [4.78, 5) is 2.40. The molecular formula is C16H22FNO2. The molecule has 0 spiro atoms. The van der Waals surface area contributed by atoms with Crippen LogP contribution in [0, 0.1) is 17.7 Å². The molecule has 1 saturated heterocycles. The van der Waals surface area contributed by atoms with Gasteiger partial charge in [-0.25, -0.2) is 4.39 Å². The largest absolute Gasteiger partial charge is 0.505 e. The summed E-state index contributed by atoms with van der Waals surface area (Å²) >= 11 is 0. The minimum atomic E-state index is -0.612. The number of rotatable bonds is 4. The van der Waals surface area contributed by atoms with Crippen molar-refractivity contribution in [1.82, 2.24) is 4.90 Å². The Labute approximate surface area is 119 Å². The lowest BCUT2D eigenvalue weighted by Gasteiger charge is -2.23. The molecule has 1 aliphatic carbocycles. The zero-order valence-electron chi connectivity index (χ0n) is 11.6. The normalized spacial score (nSPS) is 27.7. The number of aliphatic hydroxyl groups is 1. The van der Waals surface area contributed by atoms with Crippen molar-refractivity contribution < 1.29 is 14.6 Å². The van der Waals surface area contributed by atoms with Crippen molar-refractivity contribution in [2.24, 2.45) is 11.8 Å². The van der Waals surface area contributed by atoms with Gasteiger partial charge in [-0.2, -0.15) is 0 Å². The van der Waals surface area contributed by atoms with Gasteiger partial charge in [-0.15, -0.1) is 0 Å². The maximum atomic E-state index is 13.4. The van der Waals surface area contributed by atoms with Crippen molar-refractivity contribution in [1.29, 1.82) is 0 Å². The van der Waals surface area contributed by atoms with Gasteiger partial charge in [0, 0.05) is 25.6 Å². The number of phenols is 1. The highest BCUT2D eigenvalue weighted by Crippen LogP contribution is 2.38. The molecule has 3 nitrogen and oxygen atoms in total. The molecule has 0 aromatic heterocycles.